The van der Waals surface area contributed by atoms with Crippen molar-refractivity contribution in [1.29, 1.82) is 0 Å². The molecular formula is C15H18N4O3S. The molecule has 0 atom stereocenters. The van der Waals surface area contributed by atoms with Crippen molar-refractivity contribution in [2.75, 3.05) is 38.2 Å². The molecule has 0 radical (unpaired) electrons. The predicted molar refractivity (Wildman–Crippen MR) is 87.4 cm³/mol. The molecule has 0 saturated carbocycles. The van der Waals surface area contributed by atoms with Crippen molar-refractivity contribution in [3.05, 3.63) is 34.2 Å². The molecule has 2 aromatic rings. The van der Waals surface area contributed by atoms with Gasteiger partial charge in [-0.05, 0) is 6.07 Å². The van der Waals surface area contributed by atoms with Crippen molar-refractivity contribution in [2.45, 2.75) is 6.54 Å². The average molecular weight is 334 g/mol. The standard InChI is InChI=1S/C15H18N4O3S/c1-22-13-2-3-16-15(17-13)19-6-4-18(5-7-19)9-12-8-11(10-23-12)14(20)21/h2-3,8,10H,4-7,9H2,1H3,(H,20,21). The number of ether oxygens (including phenoxy) is 1. The van der Waals surface area contributed by atoms with Crippen molar-refractivity contribution in [3.8, 4) is 5.88 Å². The molecular weight excluding hydrogens is 316 g/mol. The minimum Gasteiger partial charge on any atom is -0.481 e. The number of aromatic carboxylic acids is 1. The molecule has 1 fully saturated rings. The molecule has 3 rings (SSSR count). The number of piperazine rings is 1. The molecule has 1 N–H and O–H groups in total. The highest BCUT2D eigenvalue weighted by molar-refractivity contribution is 7.10. The second-order valence-electron chi connectivity index (χ2n) is 5.27. The maximum Gasteiger partial charge on any atom is 0.336 e. The largest absolute Gasteiger partial charge is 0.481 e. The molecule has 3 heterocycles. The van der Waals surface area contributed by atoms with Crippen LogP contribution in [0.25, 0.3) is 0 Å². The highest BCUT2D eigenvalue weighted by Crippen LogP contribution is 2.19. The van der Waals surface area contributed by atoms with Gasteiger partial charge < -0.3 is 14.7 Å². The van der Waals surface area contributed by atoms with Crippen LogP contribution in [0, 0.1) is 0 Å². The van der Waals surface area contributed by atoms with Gasteiger partial charge in [-0.2, -0.15) is 4.98 Å². The lowest BCUT2D eigenvalue weighted by molar-refractivity contribution is 0.0697. The summed E-state index contributed by atoms with van der Waals surface area (Å²) in [6.45, 7) is 4.24. The summed E-state index contributed by atoms with van der Waals surface area (Å²) in [6, 6.07) is 3.49. The van der Waals surface area contributed by atoms with Gasteiger partial charge in [-0.25, -0.2) is 9.78 Å². The Kier molecular flexibility index (Phi) is 4.73. The molecule has 0 amide bonds. The van der Waals surface area contributed by atoms with Crippen LogP contribution in [0.5, 0.6) is 5.88 Å². The van der Waals surface area contributed by atoms with Crippen molar-refractivity contribution < 1.29 is 14.6 Å². The summed E-state index contributed by atoms with van der Waals surface area (Å²) in [5, 5.41) is 10.7. The Morgan fingerprint density at radius 2 is 2.17 bits per heavy atom. The van der Waals surface area contributed by atoms with Gasteiger partial charge in [0.2, 0.25) is 11.8 Å². The van der Waals surface area contributed by atoms with Crippen LogP contribution >= 0.6 is 11.3 Å². The number of carbonyl (C=O) groups is 1. The summed E-state index contributed by atoms with van der Waals surface area (Å²) < 4.78 is 5.13. The van der Waals surface area contributed by atoms with Crippen LogP contribution in [0.2, 0.25) is 0 Å². The zero-order valence-electron chi connectivity index (χ0n) is 12.8. The molecule has 0 spiro atoms. The topological polar surface area (TPSA) is 78.8 Å². The number of hydrogen-bond acceptors (Lipinski definition) is 7. The number of thiophene rings is 1. The van der Waals surface area contributed by atoms with E-state index in [0.717, 1.165) is 37.6 Å². The molecule has 0 unspecified atom stereocenters. The van der Waals surface area contributed by atoms with Gasteiger partial charge in [-0.15, -0.1) is 11.3 Å². The Labute approximate surface area is 138 Å². The van der Waals surface area contributed by atoms with Gasteiger partial charge in [0.25, 0.3) is 0 Å². The van der Waals surface area contributed by atoms with Gasteiger partial charge in [-0.1, -0.05) is 0 Å². The lowest BCUT2D eigenvalue weighted by Gasteiger charge is -2.34. The van der Waals surface area contributed by atoms with E-state index in [9.17, 15) is 4.79 Å². The lowest BCUT2D eigenvalue weighted by Crippen LogP contribution is -2.46. The second-order valence-corrected chi connectivity index (χ2v) is 6.26. The Morgan fingerprint density at radius 3 is 2.83 bits per heavy atom. The number of aromatic nitrogens is 2. The van der Waals surface area contributed by atoms with Gasteiger partial charge >= 0.3 is 5.97 Å². The second kappa shape index (κ2) is 6.93. The van der Waals surface area contributed by atoms with Crippen molar-refractivity contribution >= 4 is 23.3 Å². The molecule has 1 aliphatic rings. The minimum absolute atomic E-state index is 0.369. The summed E-state index contributed by atoms with van der Waals surface area (Å²) >= 11 is 1.50. The molecule has 122 valence electrons. The van der Waals surface area contributed by atoms with E-state index in [0.29, 0.717) is 17.4 Å². The maximum atomic E-state index is 10.9. The van der Waals surface area contributed by atoms with Gasteiger partial charge in [0.1, 0.15) is 0 Å². The van der Waals surface area contributed by atoms with Crippen LogP contribution < -0.4 is 9.64 Å². The van der Waals surface area contributed by atoms with E-state index >= 15 is 0 Å². The Balaban J connectivity index is 1.56. The Hall–Kier alpha value is -2.19. The molecule has 23 heavy (non-hydrogen) atoms. The molecule has 0 aliphatic carbocycles. The Morgan fingerprint density at radius 1 is 1.39 bits per heavy atom. The third-order valence-corrected chi connectivity index (χ3v) is 4.68. The van der Waals surface area contributed by atoms with E-state index in [-0.39, 0.29) is 0 Å². The van der Waals surface area contributed by atoms with Crippen LogP contribution in [-0.2, 0) is 6.54 Å². The number of carboxylic acid groups (broad SMARTS) is 1. The first-order valence-electron chi connectivity index (χ1n) is 7.31. The first kappa shape index (κ1) is 15.7. The van der Waals surface area contributed by atoms with E-state index in [1.54, 1.807) is 30.8 Å². The molecule has 2 aromatic heterocycles. The summed E-state index contributed by atoms with van der Waals surface area (Å²) in [4.78, 5) is 25.1. The molecule has 0 aromatic carbocycles. The monoisotopic (exact) mass is 334 g/mol. The number of methoxy groups -OCH3 is 1. The summed E-state index contributed by atoms with van der Waals surface area (Å²) in [6.07, 6.45) is 1.70. The third kappa shape index (κ3) is 3.77. The van der Waals surface area contributed by atoms with Gasteiger partial charge in [-0.3, -0.25) is 4.90 Å². The lowest BCUT2D eigenvalue weighted by atomic mass is 10.3. The number of carboxylic acids is 1. The van der Waals surface area contributed by atoms with Crippen LogP contribution in [0.1, 0.15) is 15.2 Å². The smallest absolute Gasteiger partial charge is 0.336 e. The normalized spacial score (nSPS) is 15.6. The fourth-order valence-electron chi connectivity index (χ4n) is 2.50. The molecule has 0 bridgehead atoms. The third-order valence-electron chi connectivity index (χ3n) is 3.76. The Bertz CT molecular complexity index is 683. The van der Waals surface area contributed by atoms with Crippen molar-refractivity contribution in [3.63, 3.8) is 0 Å². The summed E-state index contributed by atoms with van der Waals surface area (Å²) in [5.41, 5.74) is 0.369. The number of rotatable bonds is 5. The SMILES string of the molecule is COc1ccnc(N2CCN(Cc3cc(C(=O)O)cs3)CC2)n1. The predicted octanol–water partition coefficient (Wildman–Crippen LogP) is 1.57. The zero-order valence-corrected chi connectivity index (χ0v) is 13.6. The number of hydrogen-bond donors (Lipinski definition) is 1. The van der Waals surface area contributed by atoms with E-state index in [4.69, 9.17) is 9.84 Å². The number of anilines is 1. The highest BCUT2D eigenvalue weighted by atomic mass is 32.1. The van der Waals surface area contributed by atoms with E-state index in [2.05, 4.69) is 19.8 Å². The minimum atomic E-state index is -0.868. The van der Waals surface area contributed by atoms with Crippen LogP contribution in [0.3, 0.4) is 0 Å². The van der Waals surface area contributed by atoms with Crippen LogP contribution in [0.4, 0.5) is 5.95 Å². The van der Waals surface area contributed by atoms with E-state index < -0.39 is 5.97 Å². The molecule has 8 heteroatoms. The molecule has 1 saturated heterocycles. The quantitative estimate of drug-likeness (QED) is 0.889. The van der Waals surface area contributed by atoms with E-state index in [1.807, 2.05) is 0 Å². The van der Waals surface area contributed by atoms with Gasteiger partial charge in [0.05, 0.1) is 12.7 Å². The van der Waals surface area contributed by atoms with Crippen molar-refractivity contribution in [2.24, 2.45) is 0 Å². The van der Waals surface area contributed by atoms with E-state index in [1.165, 1.54) is 11.3 Å². The number of nitrogens with zero attached hydrogens (tertiary/aromatic N) is 4. The summed E-state index contributed by atoms with van der Waals surface area (Å²) in [5.74, 6) is 0.387. The van der Waals surface area contributed by atoms with Crippen LogP contribution in [-0.4, -0.2) is 59.2 Å². The average Bonchev–Trinajstić information content (AvgIpc) is 3.04. The van der Waals surface area contributed by atoms with Gasteiger partial charge in [0.15, 0.2) is 0 Å². The first-order chi connectivity index (χ1) is 11.2. The maximum absolute atomic E-state index is 10.9. The molecule has 1 aliphatic heterocycles. The fraction of sp³-hybridized carbons (Fsp3) is 0.400. The molecule has 7 nitrogen and oxygen atoms in total. The van der Waals surface area contributed by atoms with Gasteiger partial charge in [0, 0.05) is 55.2 Å². The van der Waals surface area contributed by atoms with Crippen molar-refractivity contribution in [1.82, 2.24) is 14.9 Å². The van der Waals surface area contributed by atoms with Crippen LogP contribution in [0.15, 0.2) is 23.7 Å². The highest BCUT2D eigenvalue weighted by Gasteiger charge is 2.20. The summed E-state index contributed by atoms with van der Waals surface area (Å²) in [7, 11) is 1.59. The first-order valence-corrected chi connectivity index (χ1v) is 8.18. The fourth-order valence-corrected chi connectivity index (χ4v) is 3.40. The zero-order chi connectivity index (χ0) is 16.2.